The molecule has 0 aliphatic carbocycles. The van der Waals surface area contributed by atoms with Crippen LogP contribution in [0.1, 0.15) is 37.5 Å². The summed E-state index contributed by atoms with van der Waals surface area (Å²) in [6.07, 6.45) is 1.74. The highest BCUT2D eigenvalue weighted by molar-refractivity contribution is 6.30. The standard InChI is InChI=1S/C23H27ClFNO3/c1-15(2)28-9-8-26-22(27)12-16-5-7-21-18(10-16)14-23(3,29-21)13-17-4-6-19(24)20(25)11-17/h4-7,10-11,15H,8-9,12-14H2,1-3H3,(H,26,27). The Bertz CT molecular complexity index is 886. The molecule has 2 aromatic rings. The minimum Gasteiger partial charge on any atom is -0.487 e. The van der Waals surface area contributed by atoms with Crippen molar-refractivity contribution in [1.82, 2.24) is 5.32 Å². The number of halogens is 2. The topological polar surface area (TPSA) is 47.6 Å². The predicted molar refractivity (Wildman–Crippen MR) is 112 cm³/mol. The summed E-state index contributed by atoms with van der Waals surface area (Å²) in [7, 11) is 0. The normalized spacial score (nSPS) is 17.9. The molecule has 1 atom stereocenters. The monoisotopic (exact) mass is 419 g/mol. The van der Waals surface area contributed by atoms with Crippen molar-refractivity contribution in [3.63, 3.8) is 0 Å². The first kappa shape index (κ1) is 21.6. The van der Waals surface area contributed by atoms with E-state index in [1.54, 1.807) is 6.07 Å². The second-order valence-corrected chi connectivity index (χ2v) is 8.45. The number of rotatable bonds is 8. The third kappa shape index (κ3) is 5.94. The molecule has 6 heteroatoms. The van der Waals surface area contributed by atoms with Gasteiger partial charge in [0.2, 0.25) is 5.91 Å². The molecular weight excluding hydrogens is 393 g/mol. The lowest BCUT2D eigenvalue weighted by Crippen LogP contribution is -2.32. The lowest BCUT2D eigenvalue weighted by atomic mass is 9.91. The molecule has 2 aromatic carbocycles. The highest BCUT2D eigenvalue weighted by Crippen LogP contribution is 2.37. The highest BCUT2D eigenvalue weighted by atomic mass is 35.5. The number of ether oxygens (including phenoxy) is 2. The summed E-state index contributed by atoms with van der Waals surface area (Å²) >= 11 is 5.77. The maximum absolute atomic E-state index is 13.7. The fourth-order valence-electron chi connectivity index (χ4n) is 3.60. The van der Waals surface area contributed by atoms with Crippen molar-refractivity contribution in [2.24, 2.45) is 0 Å². The van der Waals surface area contributed by atoms with Crippen LogP contribution in [0.2, 0.25) is 5.02 Å². The Kier molecular flexibility index (Phi) is 6.81. The van der Waals surface area contributed by atoms with E-state index in [2.05, 4.69) is 5.32 Å². The molecule has 1 aliphatic heterocycles. The van der Waals surface area contributed by atoms with Crippen LogP contribution in [0.4, 0.5) is 4.39 Å². The SMILES string of the molecule is CC(C)OCCNC(=O)Cc1ccc2c(c1)CC(C)(Cc1ccc(Cl)c(F)c1)O2. The number of carbonyl (C=O) groups is 1. The average molecular weight is 420 g/mol. The molecule has 4 nitrogen and oxygen atoms in total. The van der Waals surface area contributed by atoms with Gasteiger partial charge in [-0.2, -0.15) is 0 Å². The molecule has 1 aliphatic rings. The summed E-state index contributed by atoms with van der Waals surface area (Å²) in [5.74, 6) is 0.363. The van der Waals surface area contributed by atoms with Gasteiger partial charge in [0.15, 0.2) is 0 Å². The van der Waals surface area contributed by atoms with Gasteiger partial charge in [-0.05, 0) is 55.7 Å². The van der Waals surface area contributed by atoms with Gasteiger partial charge in [-0.25, -0.2) is 4.39 Å². The van der Waals surface area contributed by atoms with Gasteiger partial charge >= 0.3 is 0 Å². The quantitative estimate of drug-likeness (QED) is 0.641. The van der Waals surface area contributed by atoms with Crippen LogP contribution in [0, 0.1) is 5.82 Å². The van der Waals surface area contributed by atoms with Gasteiger partial charge in [0.05, 0.1) is 24.2 Å². The molecule has 0 bridgehead atoms. The first-order valence-corrected chi connectivity index (χ1v) is 10.2. The molecule has 0 fully saturated rings. The van der Waals surface area contributed by atoms with Crippen molar-refractivity contribution >= 4 is 17.5 Å². The van der Waals surface area contributed by atoms with Crippen LogP contribution in [0.3, 0.4) is 0 Å². The molecule has 0 aromatic heterocycles. The summed E-state index contributed by atoms with van der Waals surface area (Å²) in [5, 5.41) is 2.99. The van der Waals surface area contributed by atoms with Gasteiger partial charge in [0.1, 0.15) is 17.2 Å². The van der Waals surface area contributed by atoms with Crippen LogP contribution in [-0.2, 0) is 28.8 Å². The third-order valence-corrected chi connectivity index (χ3v) is 5.15. The van der Waals surface area contributed by atoms with Crippen LogP contribution in [0.5, 0.6) is 5.75 Å². The Balaban J connectivity index is 1.58. The number of fused-ring (bicyclic) bond motifs is 1. The Labute approximate surface area is 176 Å². The van der Waals surface area contributed by atoms with Gasteiger partial charge in [0.25, 0.3) is 0 Å². The van der Waals surface area contributed by atoms with Crippen LogP contribution in [-0.4, -0.2) is 30.8 Å². The molecule has 1 heterocycles. The maximum Gasteiger partial charge on any atom is 0.224 e. The van der Waals surface area contributed by atoms with Crippen molar-refractivity contribution < 1.29 is 18.7 Å². The second-order valence-electron chi connectivity index (χ2n) is 8.04. The molecule has 1 amide bonds. The fourth-order valence-corrected chi connectivity index (χ4v) is 3.72. The lowest BCUT2D eigenvalue weighted by molar-refractivity contribution is -0.120. The molecule has 3 rings (SSSR count). The van der Waals surface area contributed by atoms with Crippen molar-refractivity contribution in [1.29, 1.82) is 0 Å². The number of carbonyl (C=O) groups excluding carboxylic acids is 1. The van der Waals surface area contributed by atoms with E-state index in [1.165, 1.54) is 6.07 Å². The maximum atomic E-state index is 13.7. The van der Waals surface area contributed by atoms with Gasteiger partial charge in [-0.3, -0.25) is 4.79 Å². The second kappa shape index (κ2) is 9.14. The van der Waals surface area contributed by atoms with Crippen molar-refractivity contribution in [2.45, 2.75) is 51.7 Å². The third-order valence-electron chi connectivity index (χ3n) is 4.85. The van der Waals surface area contributed by atoms with Gasteiger partial charge < -0.3 is 14.8 Å². The number of nitrogens with one attached hydrogen (secondary N) is 1. The summed E-state index contributed by atoms with van der Waals surface area (Å²) in [6, 6.07) is 10.7. The van der Waals surface area contributed by atoms with Crippen molar-refractivity contribution in [2.75, 3.05) is 13.2 Å². The molecule has 0 saturated heterocycles. The van der Waals surface area contributed by atoms with E-state index in [1.807, 2.05) is 45.0 Å². The summed E-state index contributed by atoms with van der Waals surface area (Å²) in [4.78, 5) is 12.1. The fraction of sp³-hybridized carbons (Fsp3) is 0.435. The largest absolute Gasteiger partial charge is 0.487 e. The zero-order valence-corrected chi connectivity index (χ0v) is 17.8. The molecule has 0 saturated carbocycles. The summed E-state index contributed by atoms with van der Waals surface area (Å²) in [5.41, 5.74) is 2.38. The van der Waals surface area contributed by atoms with E-state index in [0.29, 0.717) is 32.4 Å². The lowest BCUT2D eigenvalue weighted by Gasteiger charge is -2.24. The summed E-state index contributed by atoms with van der Waals surface area (Å²) < 4.78 is 25.3. The molecular formula is C23H27ClFNO3. The average Bonchev–Trinajstić information content (AvgIpc) is 2.97. The highest BCUT2D eigenvalue weighted by Gasteiger charge is 2.35. The van der Waals surface area contributed by atoms with Gasteiger partial charge in [-0.15, -0.1) is 0 Å². The van der Waals surface area contributed by atoms with Crippen molar-refractivity contribution in [3.05, 3.63) is 63.9 Å². The van der Waals surface area contributed by atoms with Crippen LogP contribution in [0.25, 0.3) is 0 Å². The smallest absolute Gasteiger partial charge is 0.224 e. The first-order chi connectivity index (χ1) is 13.7. The van der Waals surface area contributed by atoms with E-state index in [9.17, 15) is 9.18 Å². The number of hydrogen-bond donors (Lipinski definition) is 1. The van der Waals surface area contributed by atoms with E-state index in [0.717, 1.165) is 22.4 Å². The van der Waals surface area contributed by atoms with E-state index < -0.39 is 11.4 Å². The summed E-state index contributed by atoms with van der Waals surface area (Å²) in [6.45, 7) is 6.95. The first-order valence-electron chi connectivity index (χ1n) is 9.87. The Morgan fingerprint density at radius 1 is 1.28 bits per heavy atom. The number of hydrogen-bond acceptors (Lipinski definition) is 3. The number of amides is 1. The van der Waals surface area contributed by atoms with E-state index in [-0.39, 0.29) is 17.0 Å². The van der Waals surface area contributed by atoms with Crippen LogP contribution < -0.4 is 10.1 Å². The molecule has 0 radical (unpaired) electrons. The molecule has 0 spiro atoms. The Morgan fingerprint density at radius 3 is 2.76 bits per heavy atom. The Hall–Kier alpha value is -2.11. The predicted octanol–water partition coefficient (Wildman–Crippen LogP) is 4.50. The molecule has 1 unspecified atom stereocenters. The van der Waals surface area contributed by atoms with Crippen LogP contribution in [0.15, 0.2) is 36.4 Å². The molecule has 156 valence electrons. The Morgan fingerprint density at radius 2 is 2.03 bits per heavy atom. The van der Waals surface area contributed by atoms with Crippen LogP contribution >= 0.6 is 11.6 Å². The van der Waals surface area contributed by atoms with E-state index >= 15 is 0 Å². The molecule has 1 N–H and O–H groups in total. The van der Waals surface area contributed by atoms with E-state index in [4.69, 9.17) is 21.1 Å². The minimum atomic E-state index is -0.461. The molecule has 29 heavy (non-hydrogen) atoms. The van der Waals surface area contributed by atoms with Crippen molar-refractivity contribution in [3.8, 4) is 5.75 Å². The van der Waals surface area contributed by atoms with Gasteiger partial charge in [0, 0.05) is 19.4 Å². The minimum absolute atomic E-state index is 0.0318. The number of benzene rings is 2. The zero-order chi connectivity index (χ0) is 21.0. The van der Waals surface area contributed by atoms with Gasteiger partial charge in [-0.1, -0.05) is 29.8 Å². The zero-order valence-electron chi connectivity index (χ0n) is 17.1.